The molecule has 112 valence electrons. The van der Waals surface area contributed by atoms with Crippen molar-refractivity contribution in [3.05, 3.63) is 56.4 Å². The Morgan fingerprint density at radius 1 is 1.24 bits per heavy atom. The van der Waals surface area contributed by atoms with Crippen LogP contribution in [0.1, 0.15) is 10.4 Å². The minimum Gasteiger partial charge on any atom is -0.355 e. The highest BCUT2D eigenvalue weighted by molar-refractivity contribution is 9.11. The van der Waals surface area contributed by atoms with Crippen molar-refractivity contribution in [3.8, 4) is 0 Å². The largest absolute Gasteiger partial charge is 0.355 e. The van der Waals surface area contributed by atoms with E-state index in [1.165, 1.54) is 17.0 Å². The minimum atomic E-state index is -0.282. The second-order valence-electron chi connectivity index (χ2n) is 4.41. The number of carbonyl (C=O) groups excluding carboxylic acids is 1. The molecule has 0 unspecified atom stereocenters. The lowest BCUT2D eigenvalue weighted by molar-refractivity contribution is -0.120. The summed E-state index contributed by atoms with van der Waals surface area (Å²) in [5, 5.41) is 2.88. The smallest absolute Gasteiger partial charge is 0.224 e. The third-order valence-corrected chi connectivity index (χ3v) is 5.53. The van der Waals surface area contributed by atoms with Gasteiger partial charge in [-0.1, -0.05) is 12.1 Å². The molecule has 2 rings (SSSR count). The number of halogens is 2. The van der Waals surface area contributed by atoms with Crippen molar-refractivity contribution in [3.63, 3.8) is 0 Å². The molecule has 1 aromatic carbocycles. The summed E-state index contributed by atoms with van der Waals surface area (Å²) in [7, 11) is 0. The van der Waals surface area contributed by atoms with Crippen LogP contribution in [0.15, 0.2) is 40.2 Å². The first kappa shape index (κ1) is 16.5. The molecule has 1 amide bonds. The Morgan fingerprint density at radius 2 is 2.00 bits per heavy atom. The average molecular weight is 388 g/mol. The first-order valence-electron chi connectivity index (χ1n) is 6.46. The van der Waals surface area contributed by atoms with Crippen molar-refractivity contribution in [1.82, 2.24) is 5.32 Å². The van der Waals surface area contributed by atoms with Crippen LogP contribution < -0.4 is 5.32 Å². The number of carbonyl (C=O) groups is 1. The van der Waals surface area contributed by atoms with Gasteiger partial charge in [0.25, 0.3) is 0 Å². The molecule has 0 aliphatic carbocycles. The fourth-order valence-corrected chi connectivity index (χ4v) is 4.17. The monoisotopic (exact) mass is 387 g/mol. The van der Waals surface area contributed by atoms with E-state index in [2.05, 4.69) is 27.3 Å². The maximum atomic E-state index is 12.7. The van der Waals surface area contributed by atoms with Crippen LogP contribution in [-0.4, -0.2) is 18.2 Å². The Morgan fingerprint density at radius 3 is 2.67 bits per heavy atom. The molecule has 0 radical (unpaired) electrons. The first-order valence-corrected chi connectivity index (χ1v) is 9.23. The van der Waals surface area contributed by atoms with Crippen molar-refractivity contribution in [2.75, 3.05) is 12.3 Å². The number of nitrogens with one attached hydrogen (secondary N) is 1. The van der Waals surface area contributed by atoms with Gasteiger partial charge in [0.15, 0.2) is 0 Å². The number of benzene rings is 1. The molecule has 0 saturated heterocycles. The van der Waals surface area contributed by atoms with Crippen LogP contribution in [0.4, 0.5) is 4.39 Å². The van der Waals surface area contributed by atoms with E-state index in [0.29, 0.717) is 13.0 Å². The Labute approximate surface area is 140 Å². The van der Waals surface area contributed by atoms with Crippen LogP contribution in [0.2, 0.25) is 0 Å². The van der Waals surface area contributed by atoms with Gasteiger partial charge >= 0.3 is 0 Å². The molecule has 0 saturated carbocycles. The van der Waals surface area contributed by atoms with E-state index in [0.717, 1.165) is 20.9 Å². The number of hydrogen-bond donors (Lipinski definition) is 1. The van der Waals surface area contributed by atoms with Crippen LogP contribution in [-0.2, 0) is 17.0 Å². The summed E-state index contributed by atoms with van der Waals surface area (Å²) < 4.78 is 13.9. The van der Waals surface area contributed by atoms with Gasteiger partial charge in [0.1, 0.15) is 5.82 Å². The molecule has 0 aliphatic heterocycles. The molecule has 1 heterocycles. The lowest BCUT2D eigenvalue weighted by Crippen LogP contribution is -2.27. The quantitative estimate of drug-likeness (QED) is 0.719. The van der Waals surface area contributed by atoms with Crippen molar-refractivity contribution in [2.24, 2.45) is 0 Å². The Kier molecular flexibility index (Phi) is 6.73. The maximum Gasteiger partial charge on any atom is 0.224 e. The zero-order chi connectivity index (χ0) is 15.1. The normalized spacial score (nSPS) is 10.6. The van der Waals surface area contributed by atoms with Gasteiger partial charge in [0.05, 0.1) is 10.2 Å². The SMILES string of the molecule is O=C(Cc1ccc(F)cc1)NCCSCc1ccc(Br)s1. The lowest BCUT2D eigenvalue weighted by Gasteiger charge is -2.05. The second kappa shape index (κ2) is 8.56. The standard InChI is InChI=1S/C15H15BrFNOS2/c16-14-6-5-13(21-14)10-20-8-7-18-15(19)9-11-1-3-12(17)4-2-11/h1-6H,7-10H2,(H,18,19). The molecule has 1 aromatic heterocycles. The topological polar surface area (TPSA) is 29.1 Å². The average Bonchev–Trinajstić information content (AvgIpc) is 2.87. The lowest BCUT2D eigenvalue weighted by atomic mass is 10.1. The van der Waals surface area contributed by atoms with E-state index in [1.54, 1.807) is 35.2 Å². The Balaban J connectivity index is 1.60. The number of rotatable bonds is 7. The van der Waals surface area contributed by atoms with Crippen LogP contribution in [0.3, 0.4) is 0 Å². The summed E-state index contributed by atoms with van der Waals surface area (Å²) in [4.78, 5) is 13.0. The number of hydrogen-bond acceptors (Lipinski definition) is 3. The van der Waals surface area contributed by atoms with Crippen molar-refractivity contribution in [2.45, 2.75) is 12.2 Å². The summed E-state index contributed by atoms with van der Waals surface area (Å²) in [6.07, 6.45) is 0.294. The molecule has 0 fully saturated rings. The van der Waals surface area contributed by atoms with E-state index in [-0.39, 0.29) is 11.7 Å². The third-order valence-electron chi connectivity index (χ3n) is 2.72. The number of thioether (sulfide) groups is 1. The van der Waals surface area contributed by atoms with Crippen LogP contribution in [0.5, 0.6) is 0 Å². The molecule has 0 atom stereocenters. The van der Waals surface area contributed by atoms with Crippen LogP contribution in [0, 0.1) is 5.82 Å². The molecular weight excluding hydrogens is 373 g/mol. The highest BCUT2D eigenvalue weighted by Gasteiger charge is 2.03. The zero-order valence-corrected chi connectivity index (χ0v) is 14.5. The molecule has 1 N–H and O–H groups in total. The summed E-state index contributed by atoms with van der Waals surface area (Å²) >= 11 is 6.97. The fourth-order valence-electron chi connectivity index (χ4n) is 1.71. The molecule has 2 nitrogen and oxygen atoms in total. The van der Waals surface area contributed by atoms with Gasteiger partial charge in [-0.15, -0.1) is 11.3 Å². The predicted octanol–water partition coefficient (Wildman–Crippen LogP) is 4.24. The molecule has 0 spiro atoms. The summed E-state index contributed by atoms with van der Waals surface area (Å²) in [6.45, 7) is 0.650. The van der Waals surface area contributed by atoms with E-state index < -0.39 is 0 Å². The van der Waals surface area contributed by atoms with Crippen molar-refractivity contribution in [1.29, 1.82) is 0 Å². The third kappa shape index (κ3) is 6.20. The van der Waals surface area contributed by atoms with Gasteiger partial charge < -0.3 is 5.32 Å². The number of amides is 1. The molecule has 6 heteroatoms. The maximum absolute atomic E-state index is 12.7. The minimum absolute atomic E-state index is 0.0268. The molecular formula is C15H15BrFNOS2. The highest BCUT2D eigenvalue weighted by Crippen LogP contribution is 2.25. The van der Waals surface area contributed by atoms with E-state index in [9.17, 15) is 9.18 Å². The van der Waals surface area contributed by atoms with Gasteiger partial charge in [-0.25, -0.2) is 4.39 Å². The fraction of sp³-hybridized carbons (Fsp3) is 0.267. The molecule has 2 aromatic rings. The van der Waals surface area contributed by atoms with Gasteiger partial charge in [0, 0.05) is 22.9 Å². The van der Waals surface area contributed by atoms with Gasteiger partial charge in [-0.3, -0.25) is 4.79 Å². The zero-order valence-electron chi connectivity index (χ0n) is 11.3. The molecule has 21 heavy (non-hydrogen) atoms. The van der Waals surface area contributed by atoms with Crippen molar-refractivity contribution < 1.29 is 9.18 Å². The summed E-state index contributed by atoms with van der Waals surface area (Å²) in [6, 6.07) is 10.2. The van der Waals surface area contributed by atoms with Crippen LogP contribution in [0.25, 0.3) is 0 Å². The van der Waals surface area contributed by atoms with Gasteiger partial charge in [-0.2, -0.15) is 11.8 Å². The highest BCUT2D eigenvalue weighted by atomic mass is 79.9. The Hall–Kier alpha value is -0.850. The van der Waals surface area contributed by atoms with E-state index in [1.807, 2.05) is 6.07 Å². The van der Waals surface area contributed by atoms with Gasteiger partial charge in [-0.05, 0) is 45.8 Å². The van der Waals surface area contributed by atoms with E-state index in [4.69, 9.17) is 0 Å². The Bertz CT molecular complexity index is 586. The van der Waals surface area contributed by atoms with Crippen LogP contribution >= 0.6 is 39.0 Å². The summed E-state index contributed by atoms with van der Waals surface area (Å²) in [5.74, 6) is 1.53. The molecule has 0 bridgehead atoms. The predicted molar refractivity (Wildman–Crippen MR) is 91.3 cm³/mol. The number of thiophene rings is 1. The summed E-state index contributed by atoms with van der Waals surface area (Å²) in [5.41, 5.74) is 0.824. The first-order chi connectivity index (χ1) is 10.1. The second-order valence-corrected chi connectivity index (χ2v) is 8.06. The molecule has 0 aliphatic rings. The van der Waals surface area contributed by atoms with Crippen molar-refractivity contribution >= 4 is 44.9 Å². The van der Waals surface area contributed by atoms with E-state index >= 15 is 0 Å². The van der Waals surface area contributed by atoms with Gasteiger partial charge in [0.2, 0.25) is 5.91 Å².